The third-order valence-corrected chi connectivity index (χ3v) is 3.96. The van der Waals surface area contributed by atoms with Crippen molar-refractivity contribution in [2.45, 2.75) is 6.92 Å². The lowest BCUT2D eigenvalue weighted by Gasteiger charge is -2.07. The molecule has 2 aromatic heterocycles. The molecule has 4 rings (SSSR count). The van der Waals surface area contributed by atoms with Crippen LogP contribution < -0.4 is 0 Å². The Morgan fingerprint density at radius 2 is 1.95 bits per heavy atom. The minimum Gasteiger partial charge on any atom is -0.329 e. The van der Waals surface area contributed by atoms with E-state index < -0.39 is 0 Å². The minimum absolute atomic E-state index is 0.689. The average Bonchev–Trinajstić information content (AvgIpc) is 2.83. The summed E-state index contributed by atoms with van der Waals surface area (Å²) < 4.78 is 2.77. The molecular formula is C17H13N3S. The number of aromatic nitrogens is 3. The Morgan fingerprint density at radius 1 is 1.10 bits per heavy atom. The van der Waals surface area contributed by atoms with E-state index in [0.717, 1.165) is 27.6 Å². The fourth-order valence-corrected chi connectivity index (χ4v) is 3.05. The zero-order valence-corrected chi connectivity index (χ0v) is 12.3. The van der Waals surface area contributed by atoms with Gasteiger partial charge in [0.15, 0.2) is 4.77 Å². The second-order valence-electron chi connectivity index (χ2n) is 5.14. The third-order valence-electron chi connectivity index (χ3n) is 3.68. The van der Waals surface area contributed by atoms with Crippen LogP contribution in [0.2, 0.25) is 0 Å². The lowest BCUT2D eigenvalue weighted by atomic mass is 10.2. The van der Waals surface area contributed by atoms with Gasteiger partial charge in [0.1, 0.15) is 0 Å². The monoisotopic (exact) mass is 291 g/mol. The first-order valence-corrected chi connectivity index (χ1v) is 7.20. The Morgan fingerprint density at radius 3 is 2.81 bits per heavy atom. The molecule has 0 spiro atoms. The predicted octanol–water partition coefficient (Wildman–Crippen LogP) is 4.54. The van der Waals surface area contributed by atoms with Crippen LogP contribution in [0, 0.1) is 11.7 Å². The maximum Gasteiger partial charge on any atom is 0.182 e. The molecule has 21 heavy (non-hydrogen) atoms. The molecule has 3 nitrogen and oxygen atoms in total. The van der Waals surface area contributed by atoms with Crippen LogP contribution in [0.5, 0.6) is 0 Å². The molecule has 1 N–H and O–H groups in total. The van der Waals surface area contributed by atoms with Crippen molar-refractivity contribution < 1.29 is 0 Å². The summed E-state index contributed by atoms with van der Waals surface area (Å²) in [7, 11) is 0. The number of aromatic amines is 1. The second-order valence-corrected chi connectivity index (χ2v) is 5.53. The summed E-state index contributed by atoms with van der Waals surface area (Å²) in [6.45, 7) is 2.08. The van der Waals surface area contributed by atoms with Crippen LogP contribution in [0.15, 0.2) is 54.7 Å². The number of H-pyrrole nitrogens is 1. The van der Waals surface area contributed by atoms with Crippen molar-refractivity contribution in [3.63, 3.8) is 0 Å². The van der Waals surface area contributed by atoms with E-state index in [9.17, 15) is 0 Å². The van der Waals surface area contributed by atoms with E-state index in [1.54, 1.807) is 0 Å². The molecule has 2 aromatic carbocycles. The highest BCUT2D eigenvalue weighted by molar-refractivity contribution is 7.71. The van der Waals surface area contributed by atoms with Gasteiger partial charge in [-0.1, -0.05) is 30.3 Å². The lowest BCUT2D eigenvalue weighted by molar-refractivity contribution is 1.06. The molecule has 0 saturated carbocycles. The maximum absolute atomic E-state index is 5.52. The number of para-hydroxylation sites is 1. The van der Waals surface area contributed by atoms with Gasteiger partial charge in [-0.2, -0.15) is 0 Å². The number of nitrogens with zero attached hydrogens (tertiary/aromatic N) is 2. The Hall–Kier alpha value is -2.46. The maximum atomic E-state index is 5.52. The fraction of sp³-hybridized carbons (Fsp3) is 0.0588. The Balaban J connectivity index is 2.20. The first kappa shape index (κ1) is 12.3. The number of fused-ring (bicyclic) bond motifs is 3. The molecule has 2 heterocycles. The van der Waals surface area contributed by atoms with Gasteiger partial charge in [0.25, 0.3) is 0 Å². The van der Waals surface area contributed by atoms with Gasteiger partial charge >= 0.3 is 0 Å². The van der Waals surface area contributed by atoms with Crippen LogP contribution in [0.1, 0.15) is 5.56 Å². The zero-order chi connectivity index (χ0) is 14.4. The zero-order valence-electron chi connectivity index (χ0n) is 11.5. The van der Waals surface area contributed by atoms with Gasteiger partial charge in [-0.05, 0) is 42.9 Å². The van der Waals surface area contributed by atoms with Crippen molar-refractivity contribution in [3.05, 3.63) is 65.1 Å². The van der Waals surface area contributed by atoms with E-state index in [0.29, 0.717) is 4.77 Å². The SMILES string of the molecule is Cc1cccc(-n2c(=S)[nH]c3cnc4ccccc4c32)c1. The Kier molecular flexibility index (Phi) is 2.65. The smallest absolute Gasteiger partial charge is 0.182 e. The van der Waals surface area contributed by atoms with Crippen molar-refractivity contribution in [2.75, 3.05) is 0 Å². The molecule has 4 aromatic rings. The molecule has 102 valence electrons. The fourth-order valence-electron chi connectivity index (χ4n) is 2.75. The quantitative estimate of drug-likeness (QED) is 0.522. The lowest BCUT2D eigenvalue weighted by Crippen LogP contribution is -1.95. The summed E-state index contributed by atoms with van der Waals surface area (Å²) in [6.07, 6.45) is 1.85. The molecule has 0 amide bonds. The van der Waals surface area contributed by atoms with E-state index >= 15 is 0 Å². The van der Waals surface area contributed by atoms with E-state index in [2.05, 4.69) is 51.8 Å². The molecule has 0 aliphatic rings. The Bertz CT molecular complexity index is 1030. The van der Waals surface area contributed by atoms with E-state index in [4.69, 9.17) is 12.2 Å². The minimum atomic E-state index is 0.689. The van der Waals surface area contributed by atoms with Crippen molar-refractivity contribution in [2.24, 2.45) is 0 Å². The van der Waals surface area contributed by atoms with Gasteiger partial charge in [0, 0.05) is 11.1 Å². The summed E-state index contributed by atoms with van der Waals surface area (Å²) in [6, 6.07) is 16.5. The molecule has 0 atom stereocenters. The number of aryl methyl sites for hydroxylation is 1. The Labute approximate surface area is 126 Å². The van der Waals surface area contributed by atoms with Crippen molar-refractivity contribution in [1.82, 2.24) is 14.5 Å². The summed E-state index contributed by atoms with van der Waals surface area (Å²) in [5, 5.41) is 1.10. The molecule has 0 aliphatic heterocycles. The van der Waals surface area contributed by atoms with Gasteiger partial charge in [-0.3, -0.25) is 9.55 Å². The van der Waals surface area contributed by atoms with Crippen LogP contribution >= 0.6 is 12.2 Å². The van der Waals surface area contributed by atoms with Crippen molar-refractivity contribution >= 4 is 34.2 Å². The number of rotatable bonds is 1. The van der Waals surface area contributed by atoms with Crippen LogP contribution in [0.25, 0.3) is 27.6 Å². The highest BCUT2D eigenvalue weighted by atomic mass is 32.1. The van der Waals surface area contributed by atoms with Crippen LogP contribution in [-0.4, -0.2) is 14.5 Å². The summed E-state index contributed by atoms with van der Waals surface area (Å²) in [4.78, 5) is 7.74. The number of benzene rings is 2. The van der Waals surface area contributed by atoms with Gasteiger partial charge in [-0.25, -0.2) is 0 Å². The number of nitrogens with one attached hydrogen (secondary N) is 1. The number of imidazole rings is 1. The van der Waals surface area contributed by atoms with E-state index in [1.165, 1.54) is 5.56 Å². The molecule has 0 fully saturated rings. The first-order chi connectivity index (χ1) is 10.2. The summed E-state index contributed by atoms with van der Waals surface area (Å²) in [5.74, 6) is 0. The van der Waals surface area contributed by atoms with E-state index in [-0.39, 0.29) is 0 Å². The molecular weight excluding hydrogens is 278 g/mol. The molecule has 0 aliphatic carbocycles. The summed E-state index contributed by atoms with van der Waals surface area (Å²) >= 11 is 5.52. The second kappa shape index (κ2) is 4.53. The van der Waals surface area contributed by atoms with Crippen molar-refractivity contribution in [1.29, 1.82) is 0 Å². The van der Waals surface area contributed by atoms with Gasteiger partial charge < -0.3 is 4.98 Å². The number of pyridine rings is 1. The van der Waals surface area contributed by atoms with Gasteiger partial charge in [0.05, 0.1) is 22.7 Å². The van der Waals surface area contributed by atoms with Gasteiger partial charge in [-0.15, -0.1) is 0 Å². The number of hydrogen-bond donors (Lipinski definition) is 1. The molecule has 0 bridgehead atoms. The molecule has 0 radical (unpaired) electrons. The van der Waals surface area contributed by atoms with Gasteiger partial charge in [0.2, 0.25) is 0 Å². The summed E-state index contributed by atoms with van der Waals surface area (Å²) in [5.41, 5.74) is 5.29. The normalized spacial score (nSPS) is 11.3. The molecule has 0 saturated heterocycles. The highest BCUT2D eigenvalue weighted by Gasteiger charge is 2.10. The van der Waals surface area contributed by atoms with Crippen LogP contribution in [-0.2, 0) is 0 Å². The average molecular weight is 291 g/mol. The van der Waals surface area contributed by atoms with Crippen LogP contribution in [0.3, 0.4) is 0 Å². The standard InChI is InChI=1S/C17H13N3S/c1-11-5-4-6-12(9-11)20-16-13-7-2-3-8-14(13)18-10-15(16)19-17(20)21/h2-10H,1H3,(H,19,21). The van der Waals surface area contributed by atoms with E-state index in [1.807, 2.05) is 24.4 Å². The molecule has 0 unspecified atom stereocenters. The topological polar surface area (TPSA) is 33.6 Å². The third kappa shape index (κ3) is 1.87. The van der Waals surface area contributed by atoms with Crippen molar-refractivity contribution in [3.8, 4) is 5.69 Å². The largest absolute Gasteiger partial charge is 0.329 e. The van der Waals surface area contributed by atoms with Crippen LogP contribution in [0.4, 0.5) is 0 Å². The first-order valence-electron chi connectivity index (χ1n) is 6.79. The number of hydrogen-bond acceptors (Lipinski definition) is 2. The highest BCUT2D eigenvalue weighted by Crippen LogP contribution is 2.26. The predicted molar refractivity (Wildman–Crippen MR) is 88.5 cm³/mol. The molecule has 4 heteroatoms.